The first-order valence-corrected chi connectivity index (χ1v) is 9.43. The Morgan fingerprint density at radius 2 is 1.86 bits per heavy atom. The SMILES string of the molecule is Cc1c(CC(=O)NCCC(=O)O)c(=O)oc2cc3oc4c(c3cc12)CCCC4. The molecular formula is C21H21NO6. The van der Waals surface area contributed by atoms with Gasteiger partial charge in [-0.3, -0.25) is 9.59 Å². The number of rotatable bonds is 5. The number of hydrogen-bond acceptors (Lipinski definition) is 5. The molecule has 146 valence electrons. The fraction of sp³-hybridized carbons (Fsp3) is 0.381. The summed E-state index contributed by atoms with van der Waals surface area (Å²) in [5, 5.41) is 13.0. The third-order valence-electron chi connectivity index (χ3n) is 5.36. The number of fused-ring (bicyclic) bond motifs is 4. The lowest BCUT2D eigenvalue weighted by molar-refractivity contribution is -0.136. The van der Waals surface area contributed by atoms with E-state index in [1.807, 2.05) is 6.07 Å². The largest absolute Gasteiger partial charge is 0.481 e. The zero-order chi connectivity index (χ0) is 19.8. The Morgan fingerprint density at radius 3 is 2.64 bits per heavy atom. The van der Waals surface area contributed by atoms with Crippen LogP contribution in [0.4, 0.5) is 0 Å². The summed E-state index contributed by atoms with van der Waals surface area (Å²) < 4.78 is 11.4. The molecule has 28 heavy (non-hydrogen) atoms. The van der Waals surface area contributed by atoms with Gasteiger partial charge >= 0.3 is 11.6 Å². The highest BCUT2D eigenvalue weighted by molar-refractivity contribution is 5.97. The Bertz CT molecular complexity index is 1150. The first-order chi connectivity index (χ1) is 13.4. The van der Waals surface area contributed by atoms with E-state index in [-0.39, 0.29) is 24.9 Å². The van der Waals surface area contributed by atoms with Crippen LogP contribution in [-0.2, 0) is 28.9 Å². The van der Waals surface area contributed by atoms with Crippen molar-refractivity contribution >= 4 is 33.8 Å². The molecule has 1 amide bonds. The number of amides is 1. The zero-order valence-corrected chi connectivity index (χ0v) is 15.6. The first kappa shape index (κ1) is 18.3. The molecule has 2 heterocycles. The molecule has 0 fully saturated rings. The maximum Gasteiger partial charge on any atom is 0.340 e. The van der Waals surface area contributed by atoms with Gasteiger partial charge in [-0.1, -0.05) is 0 Å². The van der Waals surface area contributed by atoms with Crippen LogP contribution in [0.25, 0.3) is 21.9 Å². The van der Waals surface area contributed by atoms with Crippen LogP contribution in [0.1, 0.15) is 41.7 Å². The quantitative estimate of drug-likeness (QED) is 0.656. The molecule has 4 rings (SSSR count). The van der Waals surface area contributed by atoms with Gasteiger partial charge in [0.2, 0.25) is 5.91 Å². The van der Waals surface area contributed by atoms with E-state index in [4.69, 9.17) is 13.9 Å². The van der Waals surface area contributed by atoms with Crippen LogP contribution in [0.15, 0.2) is 25.8 Å². The van der Waals surface area contributed by atoms with E-state index < -0.39 is 17.5 Å². The number of carbonyl (C=O) groups excluding carboxylic acids is 1. The number of nitrogens with one attached hydrogen (secondary N) is 1. The Morgan fingerprint density at radius 1 is 1.11 bits per heavy atom. The fourth-order valence-corrected chi connectivity index (χ4v) is 3.88. The first-order valence-electron chi connectivity index (χ1n) is 9.43. The highest BCUT2D eigenvalue weighted by Crippen LogP contribution is 2.35. The van der Waals surface area contributed by atoms with E-state index in [2.05, 4.69) is 5.32 Å². The Kier molecular flexibility index (Phi) is 4.66. The van der Waals surface area contributed by atoms with E-state index in [9.17, 15) is 14.4 Å². The topological polar surface area (TPSA) is 110 Å². The molecule has 0 radical (unpaired) electrons. The van der Waals surface area contributed by atoms with Gasteiger partial charge in [-0.2, -0.15) is 0 Å². The number of furan rings is 1. The molecule has 1 aromatic carbocycles. The lowest BCUT2D eigenvalue weighted by Gasteiger charge is -2.10. The van der Waals surface area contributed by atoms with Gasteiger partial charge < -0.3 is 19.3 Å². The van der Waals surface area contributed by atoms with Crippen LogP contribution < -0.4 is 10.9 Å². The summed E-state index contributed by atoms with van der Waals surface area (Å²) in [4.78, 5) is 35.1. The standard InChI is InChI=1S/C21H21NO6/c1-11-13-8-15-12-4-2-3-5-16(12)27-18(15)10-17(13)28-21(26)14(11)9-19(23)22-7-6-20(24)25/h8,10H,2-7,9H2,1H3,(H,22,23)(H,24,25). The molecule has 2 N–H and O–H groups in total. The molecule has 0 aliphatic heterocycles. The average Bonchev–Trinajstić information content (AvgIpc) is 3.01. The van der Waals surface area contributed by atoms with Gasteiger partial charge in [0, 0.05) is 35.4 Å². The number of aliphatic carboxylic acids is 1. The number of benzene rings is 1. The number of carboxylic acid groups (broad SMARTS) is 1. The van der Waals surface area contributed by atoms with E-state index in [1.165, 1.54) is 5.56 Å². The molecule has 0 unspecified atom stereocenters. The highest BCUT2D eigenvalue weighted by atomic mass is 16.4. The second-order valence-electron chi connectivity index (χ2n) is 7.22. The summed E-state index contributed by atoms with van der Waals surface area (Å²) in [6.45, 7) is 1.82. The number of aryl methyl sites for hydroxylation is 3. The van der Waals surface area contributed by atoms with Crippen molar-refractivity contribution in [2.24, 2.45) is 0 Å². The van der Waals surface area contributed by atoms with Crippen molar-refractivity contribution in [3.05, 3.63) is 45.0 Å². The van der Waals surface area contributed by atoms with Crippen LogP contribution in [-0.4, -0.2) is 23.5 Å². The molecule has 0 saturated heterocycles. The van der Waals surface area contributed by atoms with Gasteiger partial charge in [-0.05, 0) is 37.8 Å². The van der Waals surface area contributed by atoms with Crippen LogP contribution in [0.2, 0.25) is 0 Å². The van der Waals surface area contributed by atoms with Crippen molar-refractivity contribution in [3.8, 4) is 0 Å². The average molecular weight is 383 g/mol. The van der Waals surface area contributed by atoms with E-state index >= 15 is 0 Å². The summed E-state index contributed by atoms with van der Waals surface area (Å²) in [5.41, 5.74) is 2.82. The summed E-state index contributed by atoms with van der Waals surface area (Å²) in [6, 6.07) is 3.75. The van der Waals surface area contributed by atoms with E-state index in [0.29, 0.717) is 11.1 Å². The van der Waals surface area contributed by atoms with Crippen molar-refractivity contribution in [2.45, 2.75) is 45.4 Å². The third-order valence-corrected chi connectivity index (χ3v) is 5.36. The van der Waals surface area contributed by atoms with Crippen LogP contribution in [0.3, 0.4) is 0 Å². The zero-order valence-electron chi connectivity index (χ0n) is 15.6. The Labute approximate surface area is 160 Å². The number of carboxylic acids is 1. The predicted octanol–water partition coefficient (Wildman–Crippen LogP) is 2.86. The van der Waals surface area contributed by atoms with Crippen molar-refractivity contribution in [1.82, 2.24) is 5.32 Å². The van der Waals surface area contributed by atoms with Gasteiger partial charge in [-0.15, -0.1) is 0 Å². The van der Waals surface area contributed by atoms with Crippen molar-refractivity contribution < 1.29 is 23.5 Å². The molecule has 7 heteroatoms. The molecular weight excluding hydrogens is 362 g/mol. The minimum absolute atomic E-state index is 0.0217. The van der Waals surface area contributed by atoms with Crippen molar-refractivity contribution in [3.63, 3.8) is 0 Å². The number of hydrogen-bond donors (Lipinski definition) is 2. The molecule has 2 aromatic heterocycles. The van der Waals surface area contributed by atoms with Gasteiger partial charge in [-0.25, -0.2) is 4.79 Å². The molecule has 7 nitrogen and oxygen atoms in total. The van der Waals surface area contributed by atoms with Crippen LogP contribution in [0, 0.1) is 6.92 Å². The maximum atomic E-state index is 12.4. The number of carbonyl (C=O) groups is 2. The van der Waals surface area contributed by atoms with Crippen LogP contribution in [0.5, 0.6) is 0 Å². The molecule has 0 bridgehead atoms. The summed E-state index contributed by atoms with van der Waals surface area (Å²) in [7, 11) is 0. The van der Waals surface area contributed by atoms with E-state index in [1.54, 1.807) is 13.0 Å². The van der Waals surface area contributed by atoms with Crippen molar-refractivity contribution in [2.75, 3.05) is 6.54 Å². The molecule has 1 aliphatic carbocycles. The summed E-state index contributed by atoms with van der Waals surface area (Å²) in [6.07, 6.45) is 3.82. The summed E-state index contributed by atoms with van der Waals surface area (Å²) >= 11 is 0. The lowest BCUT2D eigenvalue weighted by Crippen LogP contribution is -2.29. The minimum Gasteiger partial charge on any atom is -0.481 e. The Hall–Kier alpha value is -3.09. The second kappa shape index (κ2) is 7.14. The van der Waals surface area contributed by atoms with Gasteiger partial charge in [0.05, 0.1) is 18.4 Å². The summed E-state index contributed by atoms with van der Waals surface area (Å²) in [5.74, 6) is -0.387. The minimum atomic E-state index is -0.992. The molecule has 0 atom stereocenters. The monoisotopic (exact) mass is 383 g/mol. The lowest BCUT2D eigenvalue weighted by atomic mass is 9.94. The second-order valence-corrected chi connectivity index (χ2v) is 7.22. The molecule has 1 aliphatic rings. The van der Waals surface area contributed by atoms with Crippen molar-refractivity contribution in [1.29, 1.82) is 0 Å². The van der Waals surface area contributed by atoms with E-state index in [0.717, 1.165) is 47.8 Å². The predicted molar refractivity (Wildman–Crippen MR) is 103 cm³/mol. The molecule has 0 spiro atoms. The normalized spacial score (nSPS) is 13.6. The van der Waals surface area contributed by atoms with Gasteiger partial charge in [0.25, 0.3) is 0 Å². The molecule has 0 saturated carbocycles. The van der Waals surface area contributed by atoms with Crippen LogP contribution >= 0.6 is 0 Å². The maximum absolute atomic E-state index is 12.4. The fourth-order valence-electron chi connectivity index (χ4n) is 3.88. The van der Waals surface area contributed by atoms with Gasteiger partial charge in [0.1, 0.15) is 16.9 Å². The highest BCUT2D eigenvalue weighted by Gasteiger charge is 2.21. The smallest absolute Gasteiger partial charge is 0.340 e. The Balaban J connectivity index is 1.72. The third kappa shape index (κ3) is 3.28. The van der Waals surface area contributed by atoms with Gasteiger partial charge in [0.15, 0.2) is 0 Å². The molecule has 3 aromatic rings.